The van der Waals surface area contributed by atoms with Gasteiger partial charge in [-0.2, -0.15) is 0 Å². The number of anilines is 1. The highest BCUT2D eigenvalue weighted by Gasteiger charge is 2.15. The zero-order valence-electron chi connectivity index (χ0n) is 12.0. The summed E-state index contributed by atoms with van der Waals surface area (Å²) < 4.78 is 5.29. The number of carboxylic acids is 1. The minimum Gasteiger partial charge on any atom is -0.481 e. The summed E-state index contributed by atoms with van der Waals surface area (Å²) in [5, 5.41) is 15.4. The second-order valence-corrected chi connectivity index (χ2v) is 5.91. The zero-order chi connectivity index (χ0) is 16.4. The van der Waals surface area contributed by atoms with Crippen LogP contribution in [0.5, 0.6) is 0 Å². The molecular formula is C16H13NO5S. The molecule has 2 aromatic heterocycles. The third-order valence-electron chi connectivity index (χ3n) is 3.42. The van der Waals surface area contributed by atoms with E-state index in [1.807, 2.05) is 12.1 Å². The van der Waals surface area contributed by atoms with E-state index >= 15 is 0 Å². The number of amides is 1. The fourth-order valence-corrected chi connectivity index (χ4v) is 3.33. The predicted molar refractivity (Wildman–Crippen MR) is 88.0 cm³/mol. The summed E-state index contributed by atoms with van der Waals surface area (Å²) in [6.45, 7) is 0. The third-order valence-corrected chi connectivity index (χ3v) is 4.32. The number of benzene rings is 1. The van der Waals surface area contributed by atoms with Gasteiger partial charge >= 0.3 is 11.6 Å². The molecule has 0 aliphatic carbocycles. The number of carbonyl (C=O) groups is 2. The number of aliphatic carboxylic acids is 1. The van der Waals surface area contributed by atoms with Gasteiger partial charge in [0.15, 0.2) is 0 Å². The molecule has 0 fully saturated rings. The summed E-state index contributed by atoms with van der Waals surface area (Å²) >= 11 is 1.25. The molecule has 0 unspecified atom stereocenters. The first-order chi connectivity index (χ1) is 11.1. The smallest absolute Gasteiger partial charge is 0.347 e. The number of hydrogen-bond acceptors (Lipinski definition) is 5. The van der Waals surface area contributed by atoms with Gasteiger partial charge in [-0.25, -0.2) is 4.79 Å². The number of rotatable bonds is 5. The van der Waals surface area contributed by atoms with Crippen molar-refractivity contribution >= 4 is 50.0 Å². The molecule has 0 radical (unpaired) electrons. The van der Waals surface area contributed by atoms with E-state index in [4.69, 9.17) is 9.52 Å². The maximum Gasteiger partial charge on any atom is 0.347 e. The summed E-state index contributed by atoms with van der Waals surface area (Å²) in [5.41, 5.74) is 0.00270. The van der Waals surface area contributed by atoms with E-state index in [0.29, 0.717) is 16.0 Å². The Hall–Kier alpha value is -2.67. The molecule has 0 atom stereocenters. The molecule has 0 spiro atoms. The summed E-state index contributed by atoms with van der Waals surface area (Å²) in [6.07, 6.45) is 0.276. The van der Waals surface area contributed by atoms with Gasteiger partial charge in [0.25, 0.3) is 0 Å². The lowest BCUT2D eigenvalue weighted by atomic mass is 10.1. The number of nitrogens with one attached hydrogen (secondary N) is 1. The molecule has 118 valence electrons. The molecule has 6 nitrogen and oxygen atoms in total. The van der Waals surface area contributed by atoms with Gasteiger partial charge in [0, 0.05) is 29.0 Å². The van der Waals surface area contributed by atoms with Crippen LogP contribution in [0.2, 0.25) is 0 Å². The number of hydrogen-bond donors (Lipinski definition) is 2. The van der Waals surface area contributed by atoms with E-state index in [9.17, 15) is 14.4 Å². The Kier molecular flexibility index (Phi) is 4.12. The molecule has 2 heterocycles. The molecule has 3 aromatic rings. The standard InChI is InChI=1S/C16H13NO5S/c18-12(6-3-7-13(19)20)17-15-14-10(8-23-15)9-4-1-2-5-11(9)22-16(14)21/h1-2,4-5,8H,3,6-7H2,(H,17,18)(H,19,20). The quantitative estimate of drug-likeness (QED) is 0.700. The predicted octanol–water partition coefficient (Wildman–Crippen LogP) is 3.20. The van der Waals surface area contributed by atoms with Gasteiger partial charge in [0.1, 0.15) is 16.0 Å². The number of fused-ring (bicyclic) bond motifs is 3. The van der Waals surface area contributed by atoms with Gasteiger partial charge < -0.3 is 14.8 Å². The van der Waals surface area contributed by atoms with Gasteiger partial charge in [-0.1, -0.05) is 18.2 Å². The molecule has 3 rings (SSSR count). The van der Waals surface area contributed by atoms with Crippen LogP contribution >= 0.6 is 11.3 Å². The first kappa shape index (κ1) is 15.2. The monoisotopic (exact) mass is 331 g/mol. The van der Waals surface area contributed by atoms with Crippen LogP contribution in [0, 0.1) is 0 Å². The van der Waals surface area contributed by atoms with Crippen LogP contribution in [0.3, 0.4) is 0 Å². The molecule has 1 amide bonds. The van der Waals surface area contributed by atoms with E-state index < -0.39 is 11.6 Å². The van der Waals surface area contributed by atoms with Crippen LogP contribution in [0.1, 0.15) is 19.3 Å². The van der Waals surface area contributed by atoms with Gasteiger partial charge in [0.05, 0.1) is 0 Å². The van der Waals surface area contributed by atoms with Crippen molar-refractivity contribution in [3.05, 3.63) is 40.1 Å². The normalized spacial score (nSPS) is 11.0. The molecule has 0 saturated heterocycles. The third kappa shape index (κ3) is 3.09. The largest absolute Gasteiger partial charge is 0.481 e. The summed E-state index contributed by atoms with van der Waals surface area (Å²) in [7, 11) is 0. The lowest BCUT2D eigenvalue weighted by Crippen LogP contribution is -2.12. The van der Waals surface area contributed by atoms with E-state index in [2.05, 4.69) is 5.32 Å². The Morgan fingerprint density at radius 2 is 1.96 bits per heavy atom. The zero-order valence-corrected chi connectivity index (χ0v) is 12.8. The second kappa shape index (κ2) is 6.21. The summed E-state index contributed by atoms with van der Waals surface area (Å²) in [6, 6.07) is 7.21. The van der Waals surface area contributed by atoms with Crippen LogP contribution < -0.4 is 10.9 Å². The van der Waals surface area contributed by atoms with E-state index in [1.54, 1.807) is 17.5 Å². The highest BCUT2D eigenvalue weighted by molar-refractivity contribution is 7.16. The van der Waals surface area contributed by atoms with Gasteiger partial charge in [-0.05, 0) is 12.5 Å². The maximum atomic E-state index is 12.2. The average Bonchev–Trinajstić information content (AvgIpc) is 2.91. The van der Waals surface area contributed by atoms with Gasteiger partial charge in [-0.15, -0.1) is 11.3 Å². The van der Waals surface area contributed by atoms with Crippen LogP contribution in [-0.4, -0.2) is 17.0 Å². The van der Waals surface area contributed by atoms with E-state index in [1.165, 1.54) is 11.3 Å². The van der Waals surface area contributed by atoms with Crippen molar-refractivity contribution in [1.82, 2.24) is 0 Å². The van der Waals surface area contributed by atoms with Gasteiger partial charge in [-0.3, -0.25) is 9.59 Å². The fraction of sp³-hybridized carbons (Fsp3) is 0.188. The van der Waals surface area contributed by atoms with Crippen molar-refractivity contribution in [2.75, 3.05) is 5.32 Å². The first-order valence-corrected chi connectivity index (χ1v) is 7.89. The Labute approximate surface area is 134 Å². The van der Waals surface area contributed by atoms with Crippen LogP contribution in [0.15, 0.2) is 38.9 Å². The number of thiophene rings is 1. The van der Waals surface area contributed by atoms with Crippen molar-refractivity contribution in [1.29, 1.82) is 0 Å². The van der Waals surface area contributed by atoms with E-state index in [0.717, 1.165) is 10.8 Å². The molecule has 2 N–H and O–H groups in total. The van der Waals surface area contributed by atoms with Crippen LogP contribution in [0.4, 0.5) is 5.00 Å². The number of carbonyl (C=O) groups excluding carboxylic acids is 1. The first-order valence-electron chi connectivity index (χ1n) is 7.01. The average molecular weight is 331 g/mol. The molecule has 23 heavy (non-hydrogen) atoms. The van der Waals surface area contributed by atoms with Crippen molar-refractivity contribution in [3.8, 4) is 0 Å². The maximum absolute atomic E-state index is 12.2. The van der Waals surface area contributed by atoms with Crippen LogP contribution in [0.25, 0.3) is 21.7 Å². The Morgan fingerprint density at radius 3 is 2.74 bits per heavy atom. The number of para-hydroxylation sites is 1. The SMILES string of the molecule is O=C(O)CCCC(=O)Nc1scc2c1c(=O)oc1ccccc12. The molecule has 1 aromatic carbocycles. The molecule has 0 saturated carbocycles. The molecule has 7 heteroatoms. The Bertz CT molecular complexity index is 956. The number of carboxylic acid groups (broad SMARTS) is 1. The second-order valence-electron chi connectivity index (χ2n) is 5.03. The Balaban J connectivity index is 1.91. The minimum absolute atomic E-state index is 0.0641. The van der Waals surface area contributed by atoms with Crippen molar-refractivity contribution < 1.29 is 19.1 Å². The minimum atomic E-state index is -0.938. The summed E-state index contributed by atoms with van der Waals surface area (Å²) in [5.74, 6) is -1.26. The van der Waals surface area contributed by atoms with E-state index in [-0.39, 0.29) is 25.2 Å². The fourth-order valence-electron chi connectivity index (χ4n) is 2.37. The Morgan fingerprint density at radius 1 is 1.17 bits per heavy atom. The highest BCUT2D eigenvalue weighted by Crippen LogP contribution is 2.33. The molecule has 0 bridgehead atoms. The van der Waals surface area contributed by atoms with Crippen LogP contribution in [-0.2, 0) is 9.59 Å². The molecule has 0 aliphatic rings. The van der Waals surface area contributed by atoms with Gasteiger partial charge in [0.2, 0.25) is 5.91 Å². The lowest BCUT2D eigenvalue weighted by molar-refractivity contribution is -0.137. The summed E-state index contributed by atoms with van der Waals surface area (Å²) in [4.78, 5) is 34.5. The highest BCUT2D eigenvalue weighted by atomic mass is 32.1. The molecular weight excluding hydrogens is 318 g/mol. The van der Waals surface area contributed by atoms with Crippen molar-refractivity contribution in [2.45, 2.75) is 19.3 Å². The topological polar surface area (TPSA) is 96.6 Å². The van der Waals surface area contributed by atoms with Crippen molar-refractivity contribution in [2.24, 2.45) is 0 Å². The molecule has 0 aliphatic heterocycles. The van der Waals surface area contributed by atoms with Crippen molar-refractivity contribution in [3.63, 3.8) is 0 Å². The lowest BCUT2D eigenvalue weighted by Gasteiger charge is -2.03.